The zero-order valence-electron chi connectivity index (χ0n) is 17.2. The number of hydrogen-bond acceptors (Lipinski definition) is 5. The van der Waals surface area contributed by atoms with E-state index in [0.717, 1.165) is 46.4 Å². The average molecular weight is 406 g/mol. The first kappa shape index (κ1) is 19.2. The van der Waals surface area contributed by atoms with Gasteiger partial charge in [0.2, 0.25) is 6.79 Å². The molecule has 6 heteroatoms. The second-order valence-corrected chi connectivity index (χ2v) is 7.94. The highest BCUT2D eigenvalue weighted by Crippen LogP contribution is 2.32. The molecule has 0 bridgehead atoms. The van der Waals surface area contributed by atoms with Crippen LogP contribution in [-0.2, 0) is 37.2 Å². The van der Waals surface area contributed by atoms with Crippen molar-refractivity contribution in [2.45, 2.75) is 38.9 Å². The van der Waals surface area contributed by atoms with Crippen molar-refractivity contribution in [3.63, 3.8) is 0 Å². The highest BCUT2D eigenvalue weighted by molar-refractivity contribution is 5.82. The predicted octanol–water partition coefficient (Wildman–Crippen LogP) is 3.16. The maximum absolute atomic E-state index is 13.2. The van der Waals surface area contributed by atoms with Gasteiger partial charge in [-0.2, -0.15) is 0 Å². The van der Waals surface area contributed by atoms with Crippen LogP contribution < -0.4 is 20.3 Å². The lowest BCUT2D eigenvalue weighted by Crippen LogP contribution is -2.28. The molecule has 0 saturated carbocycles. The van der Waals surface area contributed by atoms with Gasteiger partial charge >= 0.3 is 0 Å². The molecule has 156 valence electrons. The monoisotopic (exact) mass is 406 g/mol. The Hall–Kier alpha value is -2.83. The summed E-state index contributed by atoms with van der Waals surface area (Å²) >= 11 is 0. The predicted molar refractivity (Wildman–Crippen MR) is 115 cm³/mol. The number of hydrogen-bond donors (Lipinski definition) is 1. The number of aryl methyl sites for hydroxylation is 2. The lowest BCUT2D eigenvalue weighted by Gasteiger charge is -2.15. The lowest BCUT2D eigenvalue weighted by atomic mass is 10.0. The van der Waals surface area contributed by atoms with Crippen LogP contribution in [0.3, 0.4) is 0 Å². The van der Waals surface area contributed by atoms with Gasteiger partial charge in [-0.3, -0.25) is 4.79 Å². The Kier molecular flexibility index (Phi) is 5.19. The Balaban J connectivity index is 1.41. The first-order valence-electron chi connectivity index (χ1n) is 10.5. The molecule has 3 aromatic rings. The van der Waals surface area contributed by atoms with E-state index in [4.69, 9.17) is 14.2 Å². The standard InChI is InChI=1S/C24H26N2O4/c1-28-8-7-26-21-12-18-4-2-3-17(18)10-19(21)11-20(24(26)27)14-25-13-16-5-6-22-23(9-16)30-15-29-22/h5-6,9-12,25H,2-4,7-8,13-15H2,1H3. The minimum Gasteiger partial charge on any atom is -0.454 e. The van der Waals surface area contributed by atoms with Gasteiger partial charge < -0.3 is 24.1 Å². The summed E-state index contributed by atoms with van der Waals surface area (Å²) < 4.78 is 17.9. The van der Waals surface area contributed by atoms with Crippen molar-refractivity contribution in [3.05, 3.63) is 69.0 Å². The largest absolute Gasteiger partial charge is 0.454 e. The number of nitrogens with zero attached hydrogens (tertiary/aromatic N) is 1. The van der Waals surface area contributed by atoms with Gasteiger partial charge in [0.05, 0.1) is 12.1 Å². The van der Waals surface area contributed by atoms with Crippen molar-refractivity contribution in [2.75, 3.05) is 20.5 Å². The van der Waals surface area contributed by atoms with Gasteiger partial charge in [0.1, 0.15) is 0 Å². The third kappa shape index (κ3) is 3.57. The zero-order chi connectivity index (χ0) is 20.5. The molecule has 0 radical (unpaired) electrons. The molecule has 0 spiro atoms. The number of methoxy groups -OCH3 is 1. The highest BCUT2D eigenvalue weighted by atomic mass is 16.7. The van der Waals surface area contributed by atoms with Gasteiger partial charge in [0, 0.05) is 32.3 Å². The molecule has 2 heterocycles. The van der Waals surface area contributed by atoms with Crippen molar-refractivity contribution in [3.8, 4) is 11.5 Å². The maximum Gasteiger partial charge on any atom is 0.255 e. The van der Waals surface area contributed by atoms with Crippen LogP contribution in [0, 0.1) is 0 Å². The van der Waals surface area contributed by atoms with E-state index in [1.165, 1.54) is 17.5 Å². The van der Waals surface area contributed by atoms with E-state index in [0.29, 0.717) is 26.2 Å². The van der Waals surface area contributed by atoms with Crippen molar-refractivity contribution in [1.29, 1.82) is 0 Å². The molecule has 0 amide bonds. The number of benzene rings is 2. The fourth-order valence-corrected chi connectivity index (χ4v) is 4.44. The molecule has 1 N–H and O–H groups in total. The van der Waals surface area contributed by atoms with E-state index < -0.39 is 0 Å². The quantitative estimate of drug-likeness (QED) is 0.653. The molecule has 30 heavy (non-hydrogen) atoms. The van der Waals surface area contributed by atoms with Gasteiger partial charge in [-0.05, 0) is 71.7 Å². The summed E-state index contributed by atoms with van der Waals surface area (Å²) in [5, 5.41) is 4.54. The molecule has 0 saturated heterocycles. The molecule has 6 nitrogen and oxygen atoms in total. The number of fused-ring (bicyclic) bond motifs is 3. The van der Waals surface area contributed by atoms with E-state index >= 15 is 0 Å². The van der Waals surface area contributed by atoms with E-state index in [2.05, 4.69) is 17.4 Å². The molecule has 0 atom stereocenters. The van der Waals surface area contributed by atoms with Gasteiger partial charge in [-0.15, -0.1) is 0 Å². The Labute approximate surface area is 175 Å². The van der Waals surface area contributed by atoms with Crippen LogP contribution in [0.4, 0.5) is 0 Å². The summed E-state index contributed by atoms with van der Waals surface area (Å²) in [7, 11) is 1.67. The fraction of sp³-hybridized carbons (Fsp3) is 0.375. The average Bonchev–Trinajstić information content (AvgIpc) is 3.40. The molecule has 5 rings (SSSR count). The third-order valence-corrected chi connectivity index (χ3v) is 5.98. The summed E-state index contributed by atoms with van der Waals surface area (Å²) in [6.07, 6.45) is 3.42. The summed E-state index contributed by atoms with van der Waals surface area (Å²) in [5.41, 5.74) is 5.73. The van der Waals surface area contributed by atoms with Crippen molar-refractivity contribution in [2.24, 2.45) is 0 Å². The van der Waals surface area contributed by atoms with Gasteiger partial charge in [-0.25, -0.2) is 0 Å². The van der Waals surface area contributed by atoms with Crippen LogP contribution >= 0.6 is 0 Å². The van der Waals surface area contributed by atoms with Gasteiger partial charge in [0.25, 0.3) is 5.56 Å². The normalized spacial score (nSPS) is 14.4. The summed E-state index contributed by atoms with van der Waals surface area (Å²) in [5.74, 6) is 1.55. The second-order valence-electron chi connectivity index (χ2n) is 7.94. The molecular weight excluding hydrogens is 380 g/mol. The van der Waals surface area contributed by atoms with E-state index in [1.54, 1.807) is 7.11 Å². The number of ether oxygens (including phenoxy) is 3. The van der Waals surface area contributed by atoms with Crippen LogP contribution in [0.5, 0.6) is 11.5 Å². The summed E-state index contributed by atoms with van der Waals surface area (Å²) in [4.78, 5) is 13.2. The smallest absolute Gasteiger partial charge is 0.255 e. The Morgan fingerprint density at radius 2 is 1.87 bits per heavy atom. The first-order valence-corrected chi connectivity index (χ1v) is 10.5. The van der Waals surface area contributed by atoms with Gasteiger partial charge in [0.15, 0.2) is 11.5 Å². The van der Waals surface area contributed by atoms with Crippen molar-refractivity contribution >= 4 is 10.9 Å². The number of aromatic nitrogens is 1. The Bertz CT molecular complexity index is 1150. The molecule has 0 unspecified atom stereocenters. The van der Waals surface area contributed by atoms with Crippen LogP contribution in [0.25, 0.3) is 10.9 Å². The Morgan fingerprint density at radius 1 is 1.03 bits per heavy atom. The summed E-state index contributed by atoms with van der Waals surface area (Å²) in [6.45, 7) is 2.50. The molecule has 2 aromatic carbocycles. The van der Waals surface area contributed by atoms with Crippen molar-refractivity contribution in [1.82, 2.24) is 9.88 Å². The van der Waals surface area contributed by atoms with E-state index in [1.807, 2.05) is 28.8 Å². The number of nitrogens with one attached hydrogen (secondary N) is 1. The van der Waals surface area contributed by atoms with Crippen LogP contribution in [-0.4, -0.2) is 25.1 Å². The second kappa shape index (κ2) is 8.13. The number of pyridine rings is 1. The zero-order valence-corrected chi connectivity index (χ0v) is 17.2. The SMILES string of the molecule is COCCn1c(=O)c(CNCc2ccc3c(c2)OCO3)cc2cc3c(cc21)CCC3. The van der Waals surface area contributed by atoms with E-state index in [-0.39, 0.29) is 12.4 Å². The minimum absolute atomic E-state index is 0.0516. The van der Waals surface area contributed by atoms with Crippen molar-refractivity contribution < 1.29 is 14.2 Å². The highest BCUT2D eigenvalue weighted by Gasteiger charge is 2.16. The lowest BCUT2D eigenvalue weighted by molar-refractivity contribution is 0.174. The molecular formula is C24H26N2O4. The van der Waals surface area contributed by atoms with E-state index in [9.17, 15) is 4.79 Å². The molecule has 0 fully saturated rings. The fourth-order valence-electron chi connectivity index (χ4n) is 4.44. The third-order valence-electron chi connectivity index (χ3n) is 5.98. The maximum atomic E-state index is 13.2. The Morgan fingerprint density at radius 3 is 2.73 bits per heavy atom. The molecule has 1 aliphatic heterocycles. The van der Waals surface area contributed by atoms with Crippen LogP contribution in [0.15, 0.2) is 41.2 Å². The van der Waals surface area contributed by atoms with Crippen LogP contribution in [0.2, 0.25) is 0 Å². The molecule has 1 aromatic heterocycles. The number of rotatable bonds is 7. The minimum atomic E-state index is 0.0516. The summed E-state index contributed by atoms with van der Waals surface area (Å²) in [6, 6.07) is 12.4. The van der Waals surface area contributed by atoms with Crippen LogP contribution in [0.1, 0.15) is 28.7 Å². The first-order chi connectivity index (χ1) is 14.7. The molecule has 1 aliphatic carbocycles. The topological polar surface area (TPSA) is 61.7 Å². The molecule has 2 aliphatic rings. The van der Waals surface area contributed by atoms with Gasteiger partial charge in [-0.1, -0.05) is 6.07 Å².